The van der Waals surface area contributed by atoms with Gasteiger partial charge in [-0.25, -0.2) is 0 Å². The van der Waals surface area contributed by atoms with Gasteiger partial charge in [0.1, 0.15) is 0 Å². The van der Waals surface area contributed by atoms with Crippen molar-refractivity contribution in [2.75, 3.05) is 38.4 Å². The van der Waals surface area contributed by atoms with Gasteiger partial charge in [-0.05, 0) is 18.8 Å². The maximum atomic E-state index is 11.3. The molecule has 0 rings (SSSR count). The van der Waals surface area contributed by atoms with Crippen molar-refractivity contribution < 1.29 is 14.6 Å². The molecule has 0 aromatic rings. The largest absolute Gasteiger partial charge is 0.396 e. The highest BCUT2D eigenvalue weighted by Crippen LogP contribution is 2.03. The van der Waals surface area contributed by atoms with E-state index in [-0.39, 0.29) is 12.5 Å². The van der Waals surface area contributed by atoms with Crippen molar-refractivity contribution in [3.05, 3.63) is 0 Å². The number of nitrogens with one attached hydrogen (secondary N) is 1. The molecular weight excluding hydrogens is 226 g/mol. The van der Waals surface area contributed by atoms with Crippen LogP contribution in [0.2, 0.25) is 0 Å². The minimum absolute atomic E-state index is 0.0813. The molecule has 0 aromatic heterocycles. The van der Waals surface area contributed by atoms with E-state index in [0.717, 1.165) is 18.6 Å². The number of aliphatic hydroxyl groups excluding tert-OH is 1. The highest BCUT2D eigenvalue weighted by atomic mass is 32.2. The fraction of sp³-hybridized carbons (Fsp3) is 0.909. The number of rotatable bonds is 10. The van der Waals surface area contributed by atoms with Gasteiger partial charge in [-0.1, -0.05) is 6.92 Å². The second kappa shape index (κ2) is 11.2. The number of carbonyl (C=O) groups is 1. The zero-order chi connectivity index (χ0) is 12.2. The van der Waals surface area contributed by atoms with Crippen molar-refractivity contribution in [3.63, 3.8) is 0 Å². The Kier molecular flexibility index (Phi) is 11.0. The number of methoxy groups -OCH3 is 1. The minimum Gasteiger partial charge on any atom is -0.396 e. The van der Waals surface area contributed by atoms with Gasteiger partial charge in [0.05, 0.1) is 12.4 Å². The van der Waals surface area contributed by atoms with Crippen molar-refractivity contribution in [1.29, 1.82) is 0 Å². The van der Waals surface area contributed by atoms with Crippen LogP contribution >= 0.6 is 11.8 Å². The van der Waals surface area contributed by atoms with Crippen LogP contribution in [0.5, 0.6) is 0 Å². The lowest BCUT2D eigenvalue weighted by molar-refractivity contribution is -0.118. The summed E-state index contributed by atoms with van der Waals surface area (Å²) in [6.45, 7) is 3.61. The third-order valence-corrected chi connectivity index (χ3v) is 3.09. The SMILES string of the molecule is COCCSCC(=O)NCCCC(C)CO. The van der Waals surface area contributed by atoms with Crippen molar-refractivity contribution in [2.24, 2.45) is 5.92 Å². The lowest BCUT2D eigenvalue weighted by Gasteiger charge is -2.08. The summed E-state index contributed by atoms with van der Waals surface area (Å²) in [5.41, 5.74) is 0. The third kappa shape index (κ3) is 10.3. The Bertz CT molecular complexity index is 179. The van der Waals surface area contributed by atoms with Crippen molar-refractivity contribution in [1.82, 2.24) is 5.32 Å². The number of hydrogen-bond donors (Lipinski definition) is 2. The molecule has 0 aliphatic heterocycles. The molecule has 0 aromatic carbocycles. The number of amides is 1. The van der Waals surface area contributed by atoms with E-state index in [1.54, 1.807) is 18.9 Å². The molecule has 0 bridgehead atoms. The molecule has 0 fully saturated rings. The highest BCUT2D eigenvalue weighted by molar-refractivity contribution is 7.99. The Morgan fingerprint density at radius 1 is 1.56 bits per heavy atom. The maximum Gasteiger partial charge on any atom is 0.229 e. The second-order valence-electron chi connectivity index (χ2n) is 3.83. The summed E-state index contributed by atoms with van der Waals surface area (Å²) in [4.78, 5) is 11.3. The summed E-state index contributed by atoms with van der Waals surface area (Å²) in [5, 5.41) is 11.7. The van der Waals surface area contributed by atoms with Crippen LogP contribution in [0, 0.1) is 5.92 Å². The van der Waals surface area contributed by atoms with Crippen LogP contribution in [0.1, 0.15) is 19.8 Å². The van der Waals surface area contributed by atoms with Gasteiger partial charge < -0.3 is 15.2 Å². The smallest absolute Gasteiger partial charge is 0.229 e. The average Bonchev–Trinajstić information content (AvgIpc) is 2.30. The first-order valence-corrected chi connectivity index (χ1v) is 6.80. The number of hydrogen-bond acceptors (Lipinski definition) is 4. The van der Waals surface area contributed by atoms with Gasteiger partial charge in [0.2, 0.25) is 5.91 Å². The first-order chi connectivity index (χ1) is 7.70. The van der Waals surface area contributed by atoms with Gasteiger partial charge in [-0.2, -0.15) is 0 Å². The molecule has 16 heavy (non-hydrogen) atoms. The van der Waals surface area contributed by atoms with Crippen LogP contribution in [0.4, 0.5) is 0 Å². The minimum atomic E-state index is 0.0813. The van der Waals surface area contributed by atoms with Gasteiger partial charge in [0.25, 0.3) is 0 Å². The molecule has 2 N–H and O–H groups in total. The predicted molar refractivity (Wildman–Crippen MR) is 67.7 cm³/mol. The Morgan fingerprint density at radius 3 is 2.94 bits per heavy atom. The van der Waals surface area contributed by atoms with Crippen molar-refractivity contribution in [3.8, 4) is 0 Å². The van der Waals surface area contributed by atoms with Gasteiger partial charge in [0.15, 0.2) is 0 Å². The number of thioether (sulfide) groups is 1. The molecule has 1 unspecified atom stereocenters. The van der Waals surface area contributed by atoms with E-state index < -0.39 is 0 Å². The van der Waals surface area contributed by atoms with Crippen LogP contribution < -0.4 is 5.32 Å². The van der Waals surface area contributed by atoms with E-state index >= 15 is 0 Å². The zero-order valence-electron chi connectivity index (χ0n) is 10.2. The topological polar surface area (TPSA) is 58.6 Å². The molecule has 0 saturated carbocycles. The molecule has 0 spiro atoms. The lowest BCUT2D eigenvalue weighted by Crippen LogP contribution is -2.26. The van der Waals surface area contributed by atoms with Crippen LogP contribution in [0.3, 0.4) is 0 Å². The van der Waals surface area contributed by atoms with Crippen LogP contribution in [0.15, 0.2) is 0 Å². The summed E-state index contributed by atoms with van der Waals surface area (Å²) in [5.74, 6) is 1.76. The molecule has 0 saturated heterocycles. The van der Waals surface area contributed by atoms with Crippen molar-refractivity contribution in [2.45, 2.75) is 19.8 Å². The maximum absolute atomic E-state index is 11.3. The molecule has 1 amide bonds. The molecule has 1 atom stereocenters. The number of carbonyl (C=O) groups excluding carboxylic acids is 1. The standard InChI is InChI=1S/C11H23NO3S/c1-10(8-13)4-3-5-12-11(14)9-16-7-6-15-2/h10,13H,3-9H2,1-2H3,(H,12,14). The van der Waals surface area contributed by atoms with Gasteiger partial charge >= 0.3 is 0 Å². The first-order valence-electron chi connectivity index (χ1n) is 5.65. The van der Waals surface area contributed by atoms with E-state index in [1.807, 2.05) is 6.92 Å². The van der Waals surface area contributed by atoms with E-state index in [0.29, 0.717) is 24.8 Å². The van der Waals surface area contributed by atoms with Crippen LogP contribution in [-0.2, 0) is 9.53 Å². The van der Waals surface area contributed by atoms with E-state index in [2.05, 4.69) is 5.32 Å². The molecule has 0 aliphatic carbocycles. The first kappa shape index (κ1) is 15.7. The van der Waals surface area contributed by atoms with E-state index in [9.17, 15) is 4.79 Å². The fourth-order valence-corrected chi connectivity index (χ4v) is 1.84. The number of ether oxygens (including phenoxy) is 1. The van der Waals surface area contributed by atoms with Crippen molar-refractivity contribution >= 4 is 17.7 Å². The Labute approximate surface area is 102 Å². The summed E-state index contributed by atoms with van der Waals surface area (Å²) in [6.07, 6.45) is 1.88. The third-order valence-electron chi connectivity index (χ3n) is 2.17. The summed E-state index contributed by atoms with van der Waals surface area (Å²) >= 11 is 1.58. The van der Waals surface area contributed by atoms with Crippen LogP contribution in [-0.4, -0.2) is 49.4 Å². The highest BCUT2D eigenvalue weighted by Gasteiger charge is 2.02. The normalized spacial score (nSPS) is 12.4. The molecule has 0 aliphatic rings. The van der Waals surface area contributed by atoms with Gasteiger partial charge in [-0.15, -0.1) is 11.8 Å². The molecule has 0 heterocycles. The molecular formula is C11H23NO3S. The average molecular weight is 249 g/mol. The zero-order valence-corrected chi connectivity index (χ0v) is 11.0. The molecule has 96 valence electrons. The molecule has 5 heteroatoms. The summed E-state index contributed by atoms with van der Waals surface area (Å²) in [7, 11) is 1.66. The Hall–Kier alpha value is -0.260. The number of aliphatic hydroxyl groups is 1. The van der Waals surface area contributed by atoms with Gasteiger partial charge in [-0.3, -0.25) is 4.79 Å². The van der Waals surface area contributed by atoms with Gasteiger partial charge in [0, 0.05) is 26.0 Å². The summed E-state index contributed by atoms with van der Waals surface area (Å²) < 4.78 is 4.88. The fourth-order valence-electron chi connectivity index (χ4n) is 1.13. The quantitative estimate of drug-likeness (QED) is 0.565. The second-order valence-corrected chi connectivity index (χ2v) is 4.93. The molecule has 4 nitrogen and oxygen atoms in total. The van der Waals surface area contributed by atoms with E-state index in [1.165, 1.54) is 0 Å². The monoisotopic (exact) mass is 249 g/mol. The van der Waals surface area contributed by atoms with E-state index in [4.69, 9.17) is 9.84 Å². The Balaban J connectivity index is 3.24. The predicted octanol–water partition coefficient (Wildman–Crippen LogP) is 0.891. The molecule has 0 radical (unpaired) electrons. The summed E-state index contributed by atoms with van der Waals surface area (Å²) in [6, 6.07) is 0. The Morgan fingerprint density at radius 2 is 2.31 bits per heavy atom. The van der Waals surface area contributed by atoms with Crippen LogP contribution in [0.25, 0.3) is 0 Å². The lowest BCUT2D eigenvalue weighted by atomic mass is 10.1.